The smallest absolute Gasteiger partial charge is 0.0276 e. The molecule has 0 atom stereocenters. The Bertz CT molecular complexity index is 152. The topological polar surface area (TPSA) is 0 Å². The highest BCUT2D eigenvalue weighted by molar-refractivity contribution is 5.32. The standard InChI is InChI=1S/C10H14.CH4/c1-3-9-7-5-6-8-10(9)4-2;/h3-4H,1-2,5-8H2;1H4. The van der Waals surface area contributed by atoms with Crippen LogP contribution in [0.1, 0.15) is 33.1 Å². The number of rotatable bonds is 2. The molecule has 0 saturated carbocycles. The molecule has 0 heteroatoms. The van der Waals surface area contributed by atoms with Crippen LogP contribution in [0.3, 0.4) is 0 Å². The maximum atomic E-state index is 3.78. The fourth-order valence-electron chi connectivity index (χ4n) is 1.42. The summed E-state index contributed by atoms with van der Waals surface area (Å²) in [4.78, 5) is 0. The van der Waals surface area contributed by atoms with E-state index in [0.29, 0.717) is 0 Å². The van der Waals surface area contributed by atoms with Crippen LogP contribution in [0.2, 0.25) is 0 Å². The summed E-state index contributed by atoms with van der Waals surface area (Å²) in [6.45, 7) is 7.55. The van der Waals surface area contributed by atoms with Gasteiger partial charge >= 0.3 is 0 Å². The molecule has 0 aromatic carbocycles. The highest BCUT2D eigenvalue weighted by Gasteiger charge is 2.05. The first-order valence-corrected chi connectivity index (χ1v) is 3.85. The lowest BCUT2D eigenvalue weighted by atomic mass is 9.92. The van der Waals surface area contributed by atoms with Gasteiger partial charge in [0.2, 0.25) is 0 Å². The number of allylic oxidation sites excluding steroid dienone is 4. The van der Waals surface area contributed by atoms with Crippen molar-refractivity contribution in [3.63, 3.8) is 0 Å². The molecule has 11 heavy (non-hydrogen) atoms. The molecule has 0 aliphatic heterocycles. The molecule has 1 aliphatic rings. The van der Waals surface area contributed by atoms with Crippen LogP contribution in [0.4, 0.5) is 0 Å². The van der Waals surface area contributed by atoms with Crippen molar-refractivity contribution in [2.75, 3.05) is 0 Å². The van der Waals surface area contributed by atoms with Crippen molar-refractivity contribution in [2.24, 2.45) is 0 Å². The maximum Gasteiger partial charge on any atom is -0.0276 e. The van der Waals surface area contributed by atoms with Crippen molar-refractivity contribution >= 4 is 0 Å². The van der Waals surface area contributed by atoms with Crippen LogP contribution in [0.15, 0.2) is 36.5 Å². The minimum Gasteiger partial charge on any atom is -0.0988 e. The summed E-state index contributed by atoms with van der Waals surface area (Å²) in [5.41, 5.74) is 2.81. The largest absolute Gasteiger partial charge is 0.0988 e. The van der Waals surface area contributed by atoms with E-state index in [9.17, 15) is 0 Å². The van der Waals surface area contributed by atoms with Gasteiger partial charge in [-0.05, 0) is 36.8 Å². The van der Waals surface area contributed by atoms with Crippen molar-refractivity contribution in [1.82, 2.24) is 0 Å². The number of hydrogen-bond donors (Lipinski definition) is 0. The van der Waals surface area contributed by atoms with Gasteiger partial charge < -0.3 is 0 Å². The Morgan fingerprint density at radius 1 is 0.909 bits per heavy atom. The third kappa shape index (κ3) is 2.38. The van der Waals surface area contributed by atoms with E-state index in [2.05, 4.69) is 13.2 Å². The third-order valence-corrected chi connectivity index (χ3v) is 2.05. The quantitative estimate of drug-likeness (QED) is 0.560. The summed E-state index contributed by atoms with van der Waals surface area (Å²) in [7, 11) is 0. The van der Waals surface area contributed by atoms with Gasteiger partial charge in [-0.1, -0.05) is 32.7 Å². The molecule has 0 bridgehead atoms. The minimum atomic E-state index is 0. The summed E-state index contributed by atoms with van der Waals surface area (Å²) < 4.78 is 0. The zero-order valence-corrected chi connectivity index (χ0v) is 6.40. The lowest BCUT2D eigenvalue weighted by molar-refractivity contribution is 0.694. The van der Waals surface area contributed by atoms with E-state index >= 15 is 0 Å². The van der Waals surface area contributed by atoms with Gasteiger partial charge in [0.1, 0.15) is 0 Å². The first-order chi connectivity index (χ1) is 4.88. The molecule has 0 N–H and O–H groups in total. The zero-order chi connectivity index (χ0) is 7.40. The van der Waals surface area contributed by atoms with Gasteiger partial charge in [0, 0.05) is 0 Å². The van der Waals surface area contributed by atoms with Crippen LogP contribution >= 0.6 is 0 Å². The van der Waals surface area contributed by atoms with E-state index in [4.69, 9.17) is 0 Å². The molecule has 0 amide bonds. The van der Waals surface area contributed by atoms with Crippen molar-refractivity contribution in [2.45, 2.75) is 33.1 Å². The Morgan fingerprint density at radius 2 is 1.27 bits per heavy atom. The van der Waals surface area contributed by atoms with Crippen LogP contribution in [-0.4, -0.2) is 0 Å². The van der Waals surface area contributed by atoms with E-state index in [1.807, 2.05) is 12.2 Å². The minimum absolute atomic E-state index is 0. The predicted molar refractivity (Wildman–Crippen MR) is 52.6 cm³/mol. The summed E-state index contributed by atoms with van der Waals surface area (Å²) in [6.07, 6.45) is 8.97. The van der Waals surface area contributed by atoms with Gasteiger partial charge in [-0.3, -0.25) is 0 Å². The van der Waals surface area contributed by atoms with Crippen molar-refractivity contribution < 1.29 is 0 Å². The maximum absolute atomic E-state index is 3.78. The molecule has 0 radical (unpaired) electrons. The number of hydrogen-bond acceptors (Lipinski definition) is 0. The molecular weight excluding hydrogens is 132 g/mol. The second-order valence-corrected chi connectivity index (χ2v) is 2.67. The van der Waals surface area contributed by atoms with E-state index in [-0.39, 0.29) is 7.43 Å². The van der Waals surface area contributed by atoms with Crippen LogP contribution < -0.4 is 0 Å². The Hall–Kier alpha value is -0.780. The van der Waals surface area contributed by atoms with E-state index < -0.39 is 0 Å². The van der Waals surface area contributed by atoms with Gasteiger partial charge in [0.05, 0.1) is 0 Å². The molecule has 1 rings (SSSR count). The lowest BCUT2D eigenvalue weighted by Gasteiger charge is -2.14. The predicted octanol–water partition coefficient (Wildman–Crippen LogP) is 3.87. The highest BCUT2D eigenvalue weighted by atomic mass is 14.1. The Kier molecular flexibility index (Phi) is 4.60. The first kappa shape index (κ1) is 10.2. The molecule has 0 aromatic rings. The molecule has 0 unspecified atom stereocenters. The second kappa shape index (κ2) is 4.95. The van der Waals surface area contributed by atoms with Crippen LogP contribution in [0.25, 0.3) is 0 Å². The van der Waals surface area contributed by atoms with Gasteiger partial charge in [0.25, 0.3) is 0 Å². The van der Waals surface area contributed by atoms with Crippen molar-refractivity contribution in [3.8, 4) is 0 Å². The highest BCUT2D eigenvalue weighted by Crippen LogP contribution is 2.25. The average Bonchev–Trinajstić information content (AvgIpc) is 2.04. The first-order valence-electron chi connectivity index (χ1n) is 3.85. The fraction of sp³-hybridized carbons (Fsp3) is 0.455. The van der Waals surface area contributed by atoms with Gasteiger partial charge in [-0.15, -0.1) is 0 Å². The molecule has 0 fully saturated rings. The summed E-state index contributed by atoms with van der Waals surface area (Å²) >= 11 is 0. The fourth-order valence-corrected chi connectivity index (χ4v) is 1.42. The molecule has 0 spiro atoms. The molecule has 0 heterocycles. The van der Waals surface area contributed by atoms with Gasteiger partial charge in [-0.25, -0.2) is 0 Å². The third-order valence-electron chi connectivity index (χ3n) is 2.05. The van der Waals surface area contributed by atoms with E-state index in [1.54, 1.807) is 0 Å². The van der Waals surface area contributed by atoms with Crippen LogP contribution in [0.5, 0.6) is 0 Å². The molecular formula is C11H18. The van der Waals surface area contributed by atoms with Crippen molar-refractivity contribution in [1.29, 1.82) is 0 Å². The average molecular weight is 150 g/mol. The van der Waals surface area contributed by atoms with Crippen molar-refractivity contribution in [3.05, 3.63) is 36.5 Å². The SMILES string of the molecule is C.C=CC1=C(C=C)CCCC1. The molecule has 62 valence electrons. The Labute approximate surface area is 70.3 Å². The second-order valence-electron chi connectivity index (χ2n) is 2.67. The van der Waals surface area contributed by atoms with Crippen LogP contribution in [-0.2, 0) is 0 Å². The monoisotopic (exact) mass is 150 g/mol. The summed E-state index contributed by atoms with van der Waals surface area (Å²) in [6, 6.07) is 0. The van der Waals surface area contributed by atoms with Crippen LogP contribution in [0, 0.1) is 0 Å². The Balaban J connectivity index is 0.000001000. The molecule has 0 aromatic heterocycles. The lowest BCUT2D eigenvalue weighted by Crippen LogP contribution is -1.94. The van der Waals surface area contributed by atoms with E-state index in [0.717, 1.165) is 0 Å². The summed E-state index contributed by atoms with van der Waals surface area (Å²) in [5, 5.41) is 0. The summed E-state index contributed by atoms with van der Waals surface area (Å²) in [5.74, 6) is 0. The molecule has 1 aliphatic carbocycles. The van der Waals surface area contributed by atoms with Gasteiger partial charge in [-0.2, -0.15) is 0 Å². The van der Waals surface area contributed by atoms with Gasteiger partial charge in [0.15, 0.2) is 0 Å². The Morgan fingerprint density at radius 3 is 1.55 bits per heavy atom. The molecule has 0 saturated heterocycles. The zero-order valence-electron chi connectivity index (χ0n) is 6.40. The normalized spacial score (nSPS) is 17.1. The van der Waals surface area contributed by atoms with E-state index in [1.165, 1.54) is 36.8 Å². The molecule has 0 nitrogen and oxygen atoms in total.